The molecule has 0 unspecified atom stereocenters. The van der Waals surface area contributed by atoms with E-state index < -0.39 is 23.5 Å². The first kappa shape index (κ1) is 17.8. The Bertz CT molecular complexity index is 898. The van der Waals surface area contributed by atoms with E-state index in [1.807, 2.05) is 0 Å². The van der Waals surface area contributed by atoms with E-state index in [9.17, 15) is 22.0 Å². The van der Waals surface area contributed by atoms with Crippen molar-refractivity contribution in [3.8, 4) is 11.3 Å². The number of anilines is 1. The van der Waals surface area contributed by atoms with Crippen molar-refractivity contribution in [1.82, 2.24) is 19.7 Å². The molecule has 3 heterocycles. The maximum absolute atomic E-state index is 13.5. The highest BCUT2D eigenvalue weighted by Crippen LogP contribution is 2.31. The SMILES string of the molecule is Cn1nc(C(F)(F)F)cc1-c1ccc(NCc2c(F)cncc2F)nc1. The Balaban J connectivity index is 1.76. The van der Waals surface area contributed by atoms with Gasteiger partial charge >= 0.3 is 6.18 Å². The average molecular weight is 369 g/mol. The maximum atomic E-state index is 13.5. The second kappa shape index (κ2) is 6.70. The minimum absolute atomic E-state index is 0.156. The van der Waals surface area contributed by atoms with Gasteiger partial charge in [0.15, 0.2) is 5.69 Å². The van der Waals surface area contributed by atoms with Crippen LogP contribution in [0.2, 0.25) is 0 Å². The van der Waals surface area contributed by atoms with Gasteiger partial charge in [0.1, 0.15) is 17.5 Å². The first-order chi connectivity index (χ1) is 12.3. The van der Waals surface area contributed by atoms with Gasteiger partial charge in [0, 0.05) is 30.9 Å². The number of rotatable bonds is 4. The number of nitrogens with one attached hydrogen (secondary N) is 1. The van der Waals surface area contributed by atoms with Crippen molar-refractivity contribution in [2.45, 2.75) is 12.7 Å². The molecular formula is C16H12F5N5. The predicted octanol–water partition coefficient (Wildman–Crippen LogP) is 3.79. The van der Waals surface area contributed by atoms with Gasteiger partial charge in [-0.15, -0.1) is 0 Å². The lowest BCUT2D eigenvalue weighted by Crippen LogP contribution is -2.06. The maximum Gasteiger partial charge on any atom is 0.435 e. The van der Waals surface area contributed by atoms with Crippen LogP contribution in [0.25, 0.3) is 11.3 Å². The molecule has 5 nitrogen and oxygen atoms in total. The Morgan fingerprint density at radius 1 is 1.08 bits per heavy atom. The first-order valence-corrected chi connectivity index (χ1v) is 7.35. The molecule has 0 atom stereocenters. The van der Waals surface area contributed by atoms with Gasteiger partial charge in [-0.2, -0.15) is 18.3 Å². The van der Waals surface area contributed by atoms with Crippen LogP contribution in [0.4, 0.5) is 27.8 Å². The number of hydrogen-bond acceptors (Lipinski definition) is 4. The van der Waals surface area contributed by atoms with E-state index in [0.717, 1.165) is 23.1 Å². The fraction of sp³-hybridized carbons (Fsp3) is 0.188. The molecule has 0 bridgehead atoms. The summed E-state index contributed by atoms with van der Waals surface area (Å²) in [6.07, 6.45) is -1.39. The van der Waals surface area contributed by atoms with Crippen molar-refractivity contribution in [2.75, 3.05) is 5.32 Å². The van der Waals surface area contributed by atoms with E-state index >= 15 is 0 Å². The van der Waals surface area contributed by atoms with Gasteiger partial charge < -0.3 is 5.32 Å². The molecular weight excluding hydrogens is 357 g/mol. The molecule has 136 valence electrons. The predicted molar refractivity (Wildman–Crippen MR) is 82.9 cm³/mol. The molecule has 0 aromatic carbocycles. The molecule has 0 aliphatic heterocycles. The number of halogens is 5. The smallest absolute Gasteiger partial charge is 0.366 e. The zero-order valence-corrected chi connectivity index (χ0v) is 13.3. The Kier molecular flexibility index (Phi) is 4.58. The summed E-state index contributed by atoms with van der Waals surface area (Å²) < 4.78 is 66.3. The van der Waals surface area contributed by atoms with Crippen LogP contribution in [0.3, 0.4) is 0 Å². The average Bonchev–Trinajstić information content (AvgIpc) is 2.97. The lowest BCUT2D eigenvalue weighted by atomic mass is 10.2. The second-order valence-corrected chi connectivity index (χ2v) is 5.40. The van der Waals surface area contributed by atoms with Crippen molar-refractivity contribution in [1.29, 1.82) is 0 Å². The molecule has 0 spiro atoms. The minimum Gasteiger partial charge on any atom is -0.366 e. The van der Waals surface area contributed by atoms with Gasteiger partial charge in [0.05, 0.1) is 18.1 Å². The van der Waals surface area contributed by atoms with Gasteiger partial charge in [0.2, 0.25) is 0 Å². The van der Waals surface area contributed by atoms with Crippen molar-refractivity contribution in [3.05, 3.63) is 59.7 Å². The molecule has 0 radical (unpaired) electrons. The fourth-order valence-corrected chi connectivity index (χ4v) is 2.31. The molecule has 0 aliphatic carbocycles. The summed E-state index contributed by atoms with van der Waals surface area (Å²) >= 11 is 0. The highest BCUT2D eigenvalue weighted by molar-refractivity contribution is 5.60. The largest absolute Gasteiger partial charge is 0.435 e. The van der Waals surface area contributed by atoms with Crippen molar-refractivity contribution in [2.24, 2.45) is 7.05 Å². The molecule has 0 saturated heterocycles. The Morgan fingerprint density at radius 3 is 2.31 bits per heavy atom. The molecule has 0 saturated carbocycles. The van der Waals surface area contributed by atoms with Gasteiger partial charge in [0.25, 0.3) is 0 Å². The summed E-state index contributed by atoms with van der Waals surface area (Å²) in [4.78, 5) is 7.44. The second-order valence-electron chi connectivity index (χ2n) is 5.40. The fourth-order valence-electron chi connectivity index (χ4n) is 2.31. The van der Waals surface area contributed by atoms with Crippen LogP contribution in [-0.4, -0.2) is 19.7 Å². The van der Waals surface area contributed by atoms with Gasteiger partial charge in [-0.25, -0.2) is 13.8 Å². The third-order valence-electron chi connectivity index (χ3n) is 3.63. The molecule has 3 rings (SSSR count). The number of nitrogens with zero attached hydrogens (tertiary/aromatic N) is 4. The number of pyridine rings is 2. The van der Waals surface area contributed by atoms with Crippen LogP contribution >= 0.6 is 0 Å². The Morgan fingerprint density at radius 2 is 1.77 bits per heavy atom. The third kappa shape index (κ3) is 3.63. The van der Waals surface area contributed by atoms with E-state index in [0.29, 0.717) is 11.4 Å². The third-order valence-corrected chi connectivity index (χ3v) is 3.63. The number of hydrogen-bond donors (Lipinski definition) is 1. The normalized spacial score (nSPS) is 11.6. The highest BCUT2D eigenvalue weighted by atomic mass is 19.4. The molecule has 10 heteroatoms. The number of aryl methyl sites for hydroxylation is 1. The quantitative estimate of drug-likeness (QED) is 0.711. The zero-order valence-electron chi connectivity index (χ0n) is 13.3. The van der Waals surface area contributed by atoms with Gasteiger partial charge in [-0.3, -0.25) is 9.67 Å². The van der Waals surface area contributed by atoms with E-state index in [1.165, 1.54) is 25.4 Å². The van der Waals surface area contributed by atoms with Crippen LogP contribution < -0.4 is 5.32 Å². The van der Waals surface area contributed by atoms with E-state index in [1.54, 1.807) is 0 Å². The first-order valence-electron chi connectivity index (χ1n) is 7.35. The molecule has 0 aliphatic rings. The van der Waals surface area contributed by atoms with Crippen molar-refractivity contribution >= 4 is 5.82 Å². The van der Waals surface area contributed by atoms with Gasteiger partial charge in [-0.05, 0) is 18.2 Å². The summed E-state index contributed by atoms with van der Waals surface area (Å²) in [5, 5.41) is 6.18. The topological polar surface area (TPSA) is 55.6 Å². The molecule has 3 aromatic rings. The summed E-state index contributed by atoms with van der Waals surface area (Å²) in [5.41, 5.74) is -0.530. The zero-order chi connectivity index (χ0) is 18.9. The van der Waals surface area contributed by atoms with Crippen LogP contribution in [0.5, 0.6) is 0 Å². The van der Waals surface area contributed by atoms with Gasteiger partial charge in [-0.1, -0.05) is 0 Å². The Labute approximate surface area is 144 Å². The Hall–Kier alpha value is -3.04. The minimum atomic E-state index is -4.54. The van der Waals surface area contributed by atoms with Crippen molar-refractivity contribution in [3.63, 3.8) is 0 Å². The highest BCUT2D eigenvalue weighted by Gasteiger charge is 2.34. The molecule has 3 aromatic heterocycles. The van der Waals surface area contributed by atoms with E-state index in [4.69, 9.17) is 0 Å². The molecule has 26 heavy (non-hydrogen) atoms. The lowest BCUT2D eigenvalue weighted by molar-refractivity contribution is -0.141. The van der Waals surface area contributed by atoms with Crippen LogP contribution in [0, 0.1) is 11.6 Å². The number of aromatic nitrogens is 4. The molecule has 0 amide bonds. The van der Waals surface area contributed by atoms with E-state index in [2.05, 4.69) is 20.4 Å². The van der Waals surface area contributed by atoms with E-state index in [-0.39, 0.29) is 17.8 Å². The monoisotopic (exact) mass is 369 g/mol. The summed E-state index contributed by atoms with van der Waals surface area (Å²) in [6.45, 7) is -0.156. The molecule has 0 fully saturated rings. The summed E-state index contributed by atoms with van der Waals surface area (Å²) in [7, 11) is 1.39. The van der Waals surface area contributed by atoms with Crippen LogP contribution in [0.1, 0.15) is 11.3 Å². The lowest BCUT2D eigenvalue weighted by Gasteiger charge is -2.08. The van der Waals surface area contributed by atoms with Crippen molar-refractivity contribution < 1.29 is 22.0 Å². The standard InChI is InChI=1S/C16H12F5N5/c1-26-13(4-14(25-26)16(19,20)21)9-2-3-15(23-5-9)24-6-10-11(17)7-22-8-12(10)18/h2-5,7-8H,6H2,1H3,(H,23,24). The van der Waals surface area contributed by atoms with Crippen LogP contribution in [0.15, 0.2) is 36.8 Å². The number of alkyl halides is 3. The molecule has 1 N–H and O–H groups in total. The summed E-state index contributed by atoms with van der Waals surface area (Å²) in [6, 6.07) is 3.95. The van der Waals surface area contributed by atoms with Crippen LogP contribution in [-0.2, 0) is 19.8 Å². The summed E-state index contributed by atoms with van der Waals surface area (Å²) in [5.74, 6) is -1.27.